The van der Waals surface area contributed by atoms with E-state index in [1.54, 1.807) is 12.1 Å². The molecule has 3 aromatic rings. The number of hydrogen-bond acceptors (Lipinski definition) is 4. The number of primary amides is 1. The molecule has 138 valence electrons. The minimum atomic E-state index is -0.923. The van der Waals surface area contributed by atoms with E-state index in [1.165, 1.54) is 6.07 Å². The Hall–Kier alpha value is -3.29. The molecule has 0 atom stereocenters. The summed E-state index contributed by atoms with van der Waals surface area (Å²) < 4.78 is 26.9. The van der Waals surface area contributed by atoms with Crippen LogP contribution in [0.3, 0.4) is 0 Å². The Labute approximate surface area is 154 Å². The first-order valence-corrected chi connectivity index (χ1v) is 8.48. The number of aromatic amines is 1. The molecular weight excluding hydrogens is 352 g/mol. The third-order valence-electron chi connectivity index (χ3n) is 4.71. The van der Waals surface area contributed by atoms with E-state index >= 15 is 0 Å². The molecule has 0 fully saturated rings. The van der Waals surface area contributed by atoms with Gasteiger partial charge in [0.25, 0.3) is 5.91 Å². The zero-order chi connectivity index (χ0) is 19.1. The minimum Gasteiger partial charge on any atom is -0.365 e. The van der Waals surface area contributed by atoms with E-state index < -0.39 is 17.5 Å². The molecule has 0 aliphatic carbocycles. The molecule has 1 aliphatic heterocycles. The first kappa shape index (κ1) is 17.1. The Morgan fingerprint density at radius 2 is 2.04 bits per heavy atom. The van der Waals surface area contributed by atoms with Crippen LogP contribution >= 0.6 is 0 Å². The number of benzene rings is 1. The number of hydrogen-bond donors (Lipinski definition) is 2. The van der Waals surface area contributed by atoms with Crippen molar-refractivity contribution in [2.45, 2.75) is 19.9 Å². The van der Waals surface area contributed by atoms with Crippen molar-refractivity contribution >= 4 is 11.7 Å². The number of carbonyl (C=O) groups excluding carboxylic acids is 1. The smallest absolute Gasteiger partial charge is 0.252 e. The van der Waals surface area contributed by atoms with Gasteiger partial charge in [-0.2, -0.15) is 5.10 Å². The van der Waals surface area contributed by atoms with E-state index in [9.17, 15) is 13.6 Å². The number of nitrogens with one attached hydrogen (secondary N) is 1. The minimum absolute atomic E-state index is 0.349. The number of aryl methyl sites for hydroxylation is 1. The number of carbonyl (C=O) groups is 1. The molecule has 2 aromatic heterocycles. The molecule has 1 amide bonds. The monoisotopic (exact) mass is 369 g/mol. The summed E-state index contributed by atoms with van der Waals surface area (Å²) in [5.41, 5.74) is 9.46. The number of halogens is 2. The van der Waals surface area contributed by atoms with Crippen LogP contribution in [0.15, 0.2) is 30.3 Å². The Morgan fingerprint density at radius 1 is 1.22 bits per heavy atom. The van der Waals surface area contributed by atoms with E-state index in [2.05, 4.69) is 15.2 Å². The number of nitrogens with zero attached hydrogens (tertiary/aromatic N) is 3. The fourth-order valence-corrected chi connectivity index (χ4v) is 3.33. The van der Waals surface area contributed by atoms with Crippen molar-refractivity contribution < 1.29 is 13.6 Å². The lowest BCUT2D eigenvalue weighted by molar-refractivity contribution is 0.100. The van der Waals surface area contributed by atoms with Crippen molar-refractivity contribution in [2.24, 2.45) is 5.73 Å². The van der Waals surface area contributed by atoms with Crippen molar-refractivity contribution in [2.75, 3.05) is 11.4 Å². The predicted molar refractivity (Wildman–Crippen MR) is 96.2 cm³/mol. The second-order valence-corrected chi connectivity index (χ2v) is 6.52. The molecule has 0 saturated carbocycles. The van der Waals surface area contributed by atoms with Crippen LogP contribution in [0.5, 0.6) is 0 Å². The van der Waals surface area contributed by atoms with Gasteiger partial charge < -0.3 is 10.6 Å². The maximum absolute atomic E-state index is 13.6. The topological polar surface area (TPSA) is 87.9 Å². The molecule has 0 spiro atoms. The van der Waals surface area contributed by atoms with Crippen molar-refractivity contribution in [1.82, 2.24) is 15.2 Å². The van der Waals surface area contributed by atoms with Crippen molar-refractivity contribution in [3.63, 3.8) is 0 Å². The zero-order valence-corrected chi connectivity index (χ0v) is 14.6. The van der Waals surface area contributed by atoms with Crippen LogP contribution in [0.4, 0.5) is 14.6 Å². The number of aromatic nitrogens is 3. The van der Waals surface area contributed by atoms with E-state index in [0.717, 1.165) is 29.1 Å². The second-order valence-electron chi connectivity index (χ2n) is 6.52. The highest BCUT2D eigenvalue weighted by atomic mass is 19.2. The Morgan fingerprint density at radius 3 is 2.78 bits per heavy atom. The van der Waals surface area contributed by atoms with Crippen molar-refractivity contribution in [3.05, 3.63) is 64.5 Å². The van der Waals surface area contributed by atoms with Gasteiger partial charge in [-0.3, -0.25) is 9.89 Å². The van der Waals surface area contributed by atoms with Crippen LogP contribution in [0, 0.1) is 18.6 Å². The summed E-state index contributed by atoms with van der Waals surface area (Å²) in [4.78, 5) is 18.2. The quantitative estimate of drug-likeness (QED) is 0.743. The molecule has 0 saturated heterocycles. The van der Waals surface area contributed by atoms with E-state index in [0.29, 0.717) is 42.1 Å². The maximum atomic E-state index is 13.6. The lowest BCUT2D eigenvalue weighted by atomic mass is 10.0. The van der Waals surface area contributed by atoms with Gasteiger partial charge in [-0.1, -0.05) is 0 Å². The van der Waals surface area contributed by atoms with Crippen LogP contribution in [0.25, 0.3) is 11.3 Å². The molecular formula is C19H17F2N5O. The summed E-state index contributed by atoms with van der Waals surface area (Å²) in [6.07, 6.45) is 0.653. The fourth-order valence-electron chi connectivity index (χ4n) is 3.33. The van der Waals surface area contributed by atoms with Gasteiger partial charge in [0.1, 0.15) is 5.82 Å². The van der Waals surface area contributed by atoms with Gasteiger partial charge in [0.15, 0.2) is 11.6 Å². The van der Waals surface area contributed by atoms with Crippen molar-refractivity contribution in [3.8, 4) is 11.3 Å². The third-order valence-corrected chi connectivity index (χ3v) is 4.71. The first-order chi connectivity index (χ1) is 12.9. The third kappa shape index (κ3) is 3.03. The molecule has 27 heavy (non-hydrogen) atoms. The van der Waals surface area contributed by atoms with Gasteiger partial charge in [-0.15, -0.1) is 0 Å². The second kappa shape index (κ2) is 6.46. The summed E-state index contributed by atoms with van der Waals surface area (Å²) in [6, 6.07) is 7.11. The average molecular weight is 369 g/mol. The average Bonchev–Trinajstić information content (AvgIpc) is 3.07. The Bertz CT molecular complexity index is 1050. The number of rotatable bonds is 3. The Kier molecular flexibility index (Phi) is 4.10. The van der Waals surface area contributed by atoms with E-state index in [4.69, 9.17) is 5.73 Å². The molecule has 1 aliphatic rings. The summed E-state index contributed by atoms with van der Waals surface area (Å²) >= 11 is 0. The molecule has 8 heteroatoms. The van der Waals surface area contributed by atoms with Crippen molar-refractivity contribution in [1.29, 1.82) is 0 Å². The van der Waals surface area contributed by atoms with Gasteiger partial charge in [-0.25, -0.2) is 13.8 Å². The number of pyridine rings is 1. The number of fused-ring (bicyclic) bond motifs is 1. The molecule has 0 unspecified atom stereocenters. The van der Waals surface area contributed by atoms with Gasteiger partial charge in [0.2, 0.25) is 0 Å². The molecule has 0 radical (unpaired) electrons. The molecule has 0 bridgehead atoms. The van der Waals surface area contributed by atoms with Gasteiger partial charge in [0.05, 0.1) is 11.3 Å². The number of amides is 1. The first-order valence-electron chi connectivity index (χ1n) is 8.48. The molecule has 3 N–H and O–H groups in total. The van der Waals surface area contributed by atoms with Crippen LogP contribution in [-0.2, 0) is 13.0 Å². The largest absolute Gasteiger partial charge is 0.365 e. The van der Waals surface area contributed by atoms with Crippen LogP contribution < -0.4 is 10.6 Å². The van der Waals surface area contributed by atoms with Gasteiger partial charge >= 0.3 is 0 Å². The lowest BCUT2D eigenvalue weighted by Gasteiger charge is -2.29. The normalized spacial score (nSPS) is 13.5. The molecule has 3 heterocycles. The number of H-pyrrole nitrogens is 1. The molecule has 1 aromatic carbocycles. The van der Waals surface area contributed by atoms with Crippen LogP contribution in [-0.4, -0.2) is 27.6 Å². The summed E-state index contributed by atoms with van der Waals surface area (Å²) in [7, 11) is 0. The van der Waals surface area contributed by atoms with Crippen LogP contribution in [0.1, 0.15) is 27.3 Å². The Balaban J connectivity index is 1.74. The maximum Gasteiger partial charge on any atom is 0.252 e. The highest BCUT2D eigenvalue weighted by molar-refractivity contribution is 5.97. The fraction of sp³-hybridized carbons (Fsp3) is 0.211. The van der Waals surface area contributed by atoms with Gasteiger partial charge in [0, 0.05) is 42.0 Å². The summed E-state index contributed by atoms with van der Waals surface area (Å²) in [5.74, 6) is -1.85. The standard InChI is InChI=1S/C19H17F2N5O/c1-10-2-4-12(18(22)27)19(23-10)26-7-6-16-13(9-26)17(25-24-16)11-3-5-14(20)15(21)8-11/h2-5,8H,6-7,9H2,1H3,(H2,22,27)(H,24,25). The highest BCUT2D eigenvalue weighted by Gasteiger charge is 2.26. The number of nitrogens with two attached hydrogens (primary N) is 1. The van der Waals surface area contributed by atoms with E-state index in [1.807, 2.05) is 11.8 Å². The lowest BCUT2D eigenvalue weighted by Crippen LogP contribution is -2.33. The van der Waals surface area contributed by atoms with Gasteiger partial charge in [-0.05, 0) is 37.3 Å². The van der Waals surface area contributed by atoms with Crippen LogP contribution in [0.2, 0.25) is 0 Å². The summed E-state index contributed by atoms with van der Waals surface area (Å²) in [5, 5.41) is 7.26. The summed E-state index contributed by atoms with van der Waals surface area (Å²) in [6.45, 7) is 2.90. The molecule has 4 rings (SSSR count). The SMILES string of the molecule is Cc1ccc(C(N)=O)c(N2CCc3[nH]nc(-c4ccc(F)c(F)c4)c3C2)n1. The van der Waals surface area contributed by atoms with E-state index in [-0.39, 0.29) is 0 Å². The number of anilines is 1. The molecule has 6 nitrogen and oxygen atoms in total. The highest BCUT2D eigenvalue weighted by Crippen LogP contribution is 2.32. The predicted octanol–water partition coefficient (Wildman–Crippen LogP) is 2.72. The zero-order valence-electron chi connectivity index (χ0n) is 14.6.